The third kappa shape index (κ3) is 3.39. The van der Waals surface area contributed by atoms with Crippen LogP contribution in [0.2, 0.25) is 0 Å². The number of likely N-dealkylation sites (tertiary alicyclic amines) is 1. The normalized spacial score (nSPS) is 16.2. The van der Waals surface area contributed by atoms with Crippen molar-refractivity contribution in [3.8, 4) is 5.75 Å². The van der Waals surface area contributed by atoms with Crippen LogP contribution < -0.4 is 10.1 Å². The standard InChI is InChI=1S/C17H21N7O/c1-25-14-6-4-13(5-7-14)15(23-10-2-3-11-23)12-18-16-8-9-17-19-21-22-24(17)20-16/h4-9,15H,2-3,10-12H2,1H3,(H,18,20). The molecule has 0 aliphatic carbocycles. The van der Waals surface area contributed by atoms with Gasteiger partial charge in [0.15, 0.2) is 5.65 Å². The molecular weight excluding hydrogens is 318 g/mol. The Labute approximate surface area is 145 Å². The van der Waals surface area contributed by atoms with Crippen LogP contribution in [-0.4, -0.2) is 56.9 Å². The Morgan fingerprint density at radius 3 is 2.68 bits per heavy atom. The van der Waals surface area contributed by atoms with Gasteiger partial charge in [-0.3, -0.25) is 4.90 Å². The SMILES string of the molecule is COc1ccc(C(CNc2ccc3nnnn3n2)N2CCCC2)cc1. The number of rotatable bonds is 6. The molecule has 0 saturated carbocycles. The number of benzene rings is 1. The van der Waals surface area contributed by atoms with Crippen LogP contribution in [0.4, 0.5) is 5.82 Å². The topological polar surface area (TPSA) is 80.5 Å². The molecule has 3 heterocycles. The number of ether oxygens (including phenoxy) is 1. The van der Waals surface area contributed by atoms with E-state index in [9.17, 15) is 0 Å². The molecule has 1 aliphatic rings. The fraction of sp³-hybridized carbons (Fsp3) is 0.412. The van der Waals surface area contributed by atoms with Crippen molar-refractivity contribution in [1.82, 2.24) is 30.2 Å². The smallest absolute Gasteiger partial charge is 0.200 e. The summed E-state index contributed by atoms with van der Waals surface area (Å²) < 4.78 is 6.71. The monoisotopic (exact) mass is 339 g/mol. The number of anilines is 1. The van der Waals surface area contributed by atoms with E-state index in [1.54, 1.807) is 7.11 Å². The van der Waals surface area contributed by atoms with Crippen molar-refractivity contribution in [2.75, 3.05) is 32.1 Å². The van der Waals surface area contributed by atoms with Gasteiger partial charge in [-0.25, -0.2) is 0 Å². The molecule has 0 radical (unpaired) electrons. The highest BCUT2D eigenvalue weighted by atomic mass is 16.5. The Morgan fingerprint density at radius 1 is 1.12 bits per heavy atom. The van der Waals surface area contributed by atoms with Crippen molar-refractivity contribution in [1.29, 1.82) is 0 Å². The fourth-order valence-electron chi connectivity index (χ4n) is 3.28. The molecule has 1 fully saturated rings. The minimum Gasteiger partial charge on any atom is -0.497 e. The number of aromatic nitrogens is 5. The number of methoxy groups -OCH3 is 1. The predicted octanol–water partition coefficient (Wildman–Crippen LogP) is 1.78. The van der Waals surface area contributed by atoms with E-state index in [1.165, 1.54) is 23.0 Å². The van der Waals surface area contributed by atoms with Gasteiger partial charge >= 0.3 is 0 Å². The van der Waals surface area contributed by atoms with Crippen LogP contribution in [0.5, 0.6) is 5.75 Å². The second-order valence-electron chi connectivity index (χ2n) is 6.16. The van der Waals surface area contributed by atoms with Crippen molar-refractivity contribution >= 4 is 11.5 Å². The van der Waals surface area contributed by atoms with Crippen LogP contribution in [0, 0.1) is 0 Å². The van der Waals surface area contributed by atoms with Crippen LogP contribution in [0.1, 0.15) is 24.4 Å². The first kappa shape index (κ1) is 15.8. The van der Waals surface area contributed by atoms with E-state index in [1.807, 2.05) is 24.3 Å². The number of nitrogens with zero attached hydrogens (tertiary/aromatic N) is 6. The third-order valence-electron chi connectivity index (χ3n) is 4.63. The molecule has 0 amide bonds. The third-order valence-corrected chi connectivity index (χ3v) is 4.63. The summed E-state index contributed by atoms with van der Waals surface area (Å²) >= 11 is 0. The van der Waals surface area contributed by atoms with Gasteiger partial charge in [-0.15, -0.1) is 14.8 Å². The molecule has 1 atom stereocenters. The van der Waals surface area contributed by atoms with E-state index < -0.39 is 0 Å². The summed E-state index contributed by atoms with van der Waals surface area (Å²) in [6.45, 7) is 3.02. The average Bonchev–Trinajstić information content (AvgIpc) is 3.34. The average molecular weight is 339 g/mol. The summed E-state index contributed by atoms with van der Waals surface area (Å²) in [5.74, 6) is 1.64. The predicted molar refractivity (Wildman–Crippen MR) is 93.6 cm³/mol. The lowest BCUT2D eigenvalue weighted by molar-refractivity contribution is 0.255. The van der Waals surface area contributed by atoms with Gasteiger partial charge < -0.3 is 10.1 Å². The lowest BCUT2D eigenvalue weighted by Crippen LogP contribution is -2.31. The highest BCUT2D eigenvalue weighted by Crippen LogP contribution is 2.27. The second-order valence-corrected chi connectivity index (χ2v) is 6.16. The van der Waals surface area contributed by atoms with Crippen molar-refractivity contribution in [2.45, 2.75) is 18.9 Å². The van der Waals surface area contributed by atoms with Crippen molar-refractivity contribution in [2.24, 2.45) is 0 Å². The van der Waals surface area contributed by atoms with Gasteiger partial charge in [0, 0.05) is 6.54 Å². The lowest BCUT2D eigenvalue weighted by Gasteiger charge is -2.28. The molecule has 0 spiro atoms. The van der Waals surface area contributed by atoms with Crippen molar-refractivity contribution in [3.63, 3.8) is 0 Å². The molecule has 25 heavy (non-hydrogen) atoms. The van der Waals surface area contributed by atoms with E-state index in [0.29, 0.717) is 11.7 Å². The van der Waals surface area contributed by atoms with Crippen LogP contribution in [-0.2, 0) is 0 Å². The molecule has 0 bridgehead atoms. The molecule has 1 saturated heterocycles. The Bertz CT molecular complexity index is 826. The number of fused-ring (bicyclic) bond motifs is 1. The fourth-order valence-corrected chi connectivity index (χ4v) is 3.28. The largest absolute Gasteiger partial charge is 0.497 e. The number of hydrogen-bond donors (Lipinski definition) is 1. The van der Waals surface area contributed by atoms with E-state index in [4.69, 9.17) is 4.74 Å². The van der Waals surface area contributed by atoms with Gasteiger partial charge in [0.25, 0.3) is 0 Å². The number of nitrogens with one attached hydrogen (secondary N) is 1. The zero-order valence-corrected chi connectivity index (χ0v) is 14.2. The molecule has 3 aromatic rings. The molecule has 4 rings (SSSR count). The molecule has 1 N–H and O–H groups in total. The molecule has 8 nitrogen and oxygen atoms in total. The molecule has 1 aliphatic heterocycles. The summed E-state index contributed by atoms with van der Waals surface area (Å²) in [5.41, 5.74) is 1.91. The molecule has 8 heteroatoms. The van der Waals surface area contributed by atoms with Gasteiger partial charge in [-0.1, -0.05) is 12.1 Å². The summed E-state index contributed by atoms with van der Waals surface area (Å²) in [4.78, 5) is 2.52. The molecule has 1 aromatic carbocycles. The first-order chi connectivity index (χ1) is 12.3. The van der Waals surface area contributed by atoms with E-state index in [2.05, 4.69) is 43.0 Å². The number of hydrogen-bond acceptors (Lipinski definition) is 7. The number of tetrazole rings is 1. The van der Waals surface area contributed by atoms with Gasteiger partial charge in [0.05, 0.1) is 13.2 Å². The van der Waals surface area contributed by atoms with Gasteiger partial charge in [-0.05, 0) is 66.2 Å². The Hall–Kier alpha value is -2.74. The van der Waals surface area contributed by atoms with E-state index in [-0.39, 0.29) is 0 Å². The van der Waals surface area contributed by atoms with Crippen molar-refractivity contribution < 1.29 is 4.74 Å². The zero-order chi connectivity index (χ0) is 17.1. The van der Waals surface area contributed by atoms with Gasteiger partial charge in [0.2, 0.25) is 0 Å². The quantitative estimate of drug-likeness (QED) is 0.733. The van der Waals surface area contributed by atoms with Crippen molar-refractivity contribution in [3.05, 3.63) is 42.0 Å². The minimum absolute atomic E-state index is 0.291. The Morgan fingerprint density at radius 2 is 1.92 bits per heavy atom. The summed E-state index contributed by atoms with van der Waals surface area (Å²) in [5, 5.41) is 19.1. The van der Waals surface area contributed by atoms with Crippen LogP contribution >= 0.6 is 0 Å². The summed E-state index contributed by atoms with van der Waals surface area (Å²) in [6.07, 6.45) is 2.50. The molecular formula is C17H21N7O. The highest BCUT2D eigenvalue weighted by molar-refractivity contribution is 5.42. The van der Waals surface area contributed by atoms with Gasteiger partial charge in [0.1, 0.15) is 11.6 Å². The lowest BCUT2D eigenvalue weighted by atomic mass is 10.1. The zero-order valence-electron chi connectivity index (χ0n) is 14.2. The Kier molecular flexibility index (Phi) is 4.43. The molecule has 1 unspecified atom stereocenters. The van der Waals surface area contributed by atoms with Crippen LogP contribution in [0.15, 0.2) is 36.4 Å². The van der Waals surface area contributed by atoms with Crippen LogP contribution in [0.25, 0.3) is 5.65 Å². The van der Waals surface area contributed by atoms with Gasteiger partial charge in [-0.2, -0.15) is 0 Å². The highest BCUT2D eigenvalue weighted by Gasteiger charge is 2.23. The maximum Gasteiger partial charge on any atom is 0.200 e. The first-order valence-electron chi connectivity index (χ1n) is 8.51. The molecule has 130 valence electrons. The summed E-state index contributed by atoms with van der Waals surface area (Å²) in [7, 11) is 1.69. The van der Waals surface area contributed by atoms with E-state index >= 15 is 0 Å². The molecule has 2 aromatic heterocycles. The minimum atomic E-state index is 0.291. The van der Waals surface area contributed by atoms with E-state index in [0.717, 1.165) is 31.2 Å². The first-order valence-corrected chi connectivity index (χ1v) is 8.51. The summed E-state index contributed by atoms with van der Waals surface area (Å²) in [6, 6.07) is 12.4. The maximum absolute atomic E-state index is 5.28. The second kappa shape index (κ2) is 7.02. The Balaban J connectivity index is 1.52. The maximum atomic E-state index is 5.28. The van der Waals surface area contributed by atoms with Crippen LogP contribution in [0.3, 0.4) is 0 Å².